The maximum Gasteiger partial charge on any atom is 0.251 e. The van der Waals surface area contributed by atoms with E-state index in [-0.39, 0.29) is 12.0 Å². The van der Waals surface area contributed by atoms with Gasteiger partial charge in [-0.3, -0.25) is 4.79 Å². The van der Waals surface area contributed by atoms with E-state index in [0.717, 1.165) is 44.7 Å². The lowest BCUT2D eigenvalue weighted by Crippen LogP contribution is -2.48. The minimum atomic E-state index is -0.269. The van der Waals surface area contributed by atoms with Gasteiger partial charge in [0.05, 0.1) is 6.10 Å². The lowest BCUT2D eigenvalue weighted by atomic mass is 10.0. The predicted octanol–water partition coefficient (Wildman–Crippen LogP) is 3.10. The van der Waals surface area contributed by atoms with Crippen molar-refractivity contribution in [2.45, 2.75) is 89.4 Å². The van der Waals surface area contributed by atoms with Crippen LogP contribution in [0.3, 0.4) is 0 Å². The van der Waals surface area contributed by atoms with Gasteiger partial charge in [-0.25, -0.2) is 0 Å². The lowest BCUT2D eigenvalue weighted by molar-refractivity contribution is -0.147. The molecule has 1 aliphatic heterocycles. The van der Waals surface area contributed by atoms with Crippen LogP contribution in [-0.4, -0.2) is 48.7 Å². The van der Waals surface area contributed by atoms with Crippen LogP contribution in [0.2, 0.25) is 0 Å². The van der Waals surface area contributed by atoms with Gasteiger partial charge in [0, 0.05) is 19.1 Å². The van der Waals surface area contributed by atoms with Gasteiger partial charge >= 0.3 is 0 Å². The number of rotatable bonds is 6. The summed E-state index contributed by atoms with van der Waals surface area (Å²) in [5.41, 5.74) is 0. The molecule has 0 radical (unpaired) electrons. The quantitative estimate of drug-likeness (QED) is 0.764. The van der Waals surface area contributed by atoms with Gasteiger partial charge in [0.25, 0.3) is 5.91 Å². The second-order valence-corrected chi connectivity index (χ2v) is 7.84. The van der Waals surface area contributed by atoms with Crippen LogP contribution in [0.4, 0.5) is 0 Å². The van der Waals surface area contributed by atoms with E-state index in [0.29, 0.717) is 12.1 Å². The Morgan fingerprint density at radius 2 is 1.70 bits per heavy atom. The number of hydrogen-bond acceptors (Lipinski definition) is 3. The molecule has 4 nitrogen and oxygen atoms in total. The largest absolute Gasteiger partial charge is 0.365 e. The third-order valence-electron chi connectivity index (χ3n) is 5.75. The molecule has 1 unspecified atom stereocenters. The van der Waals surface area contributed by atoms with E-state index in [9.17, 15) is 4.79 Å². The van der Waals surface area contributed by atoms with E-state index >= 15 is 0 Å². The van der Waals surface area contributed by atoms with Crippen molar-refractivity contribution in [2.75, 3.05) is 19.6 Å². The Kier molecular flexibility index (Phi) is 6.35. The molecule has 3 fully saturated rings. The molecule has 1 saturated heterocycles. The molecule has 3 aliphatic rings. The zero-order valence-corrected chi connectivity index (χ0v) is 14.8. The first-order chi connectivity index (χ1) is 11.2. The Morgan fingerprint density at radius 1 is 1.04 bits per heavy atom. The second kappa shape index (κ2) is 8.48. The fraction of sp³-hybridized carbons (Fsp3) is 0.947. The van der Waals surface area contributed by atoms with Crippen molar-refractivity contribution in [1.29, 1.82) is 0 Å². The molecule has 1 amide bonds. The molecule has 4 heteroatoms. The zero-order chi connectivity index (χ0) is 16.1. The first-order valence-electron chi connectivity index (χ1n) is 9.90. The highest BCUT2D eigenvalue weighted by atomic mass is 16.5. The SMILES string of the molecule is CC(OC1CCCCCC1)C(=O)N1CCC(NCC2CC2)CC1. The molecule has 0 spiro atoms. The van der Waals surface area contributed by atoms with E-state index < -0.39 is 0 Å². The first-order valence-corrected chi connectivity index (χ1v) is 9.90. The third-order valence-corrected chi connectivity index (χ3v) is 5.75. The topological polar surface area (TPSA) is 41.6 Å². The molecule has 2 aliphatic carbocycles. The Hall–Kier alpha value is -0.610. The minimum absolute atomic E-state index is 0.204. The van der Waals surface area contributed by atoms with Gasteiger partial charge in [0.1, 0.15) is 6.10 Å². The zero-order valence-electron chi connectivity index (χ0n) is 14.8. The summed E-state index contributed by atoms with van der Waals surface area (Å²) < 4.78 is 6.09. The summed E-state index contributed by atoms with van der Waals surface area (Å²) in [4.78, 5) is 14.6. The third kappa shape index (κ3) is 5.46. The number of carbonyl (C=O) groups excluding carboxylic acids is 1. The summed E-state index contributed by atoms with van der Waals surface area (Å²) in [5.74, 6) is 1.14. The van der Waals surface area contributed by atoms with Gasteiger partial charge < -0.3 is 15.0 Å². The van der Waals surface area contributed by atoms with Crippen molar-refractivity contribution in [1.82, 2.24) is 10.2 Å². The van der Waals surface area contributed by atoms with Crippen molar-refractivity contribution in [3.8, 4) is 0 Å². The number of ether oxygens (including phenoxy) is 1. The van der Waals surface area contributed by atoms with Gasteiger partial charge in [-0.15, -0.1) is 0 Å². The summed E-state index contributed by atoms with van der Waals surface area (Å²) in [5, 5.41) is 3.68. The molecule has 3 rings (SSSR count). The summed E-state index contributed by atoms with van der Waals surface area (Å²) in [6.45, 7) is 4.91. The summed E-state index contributed by atoms with van der Waals surface area (Å²) >= 11 is 0. The number of nitrogens with one attached hydrogen (secondary N) is 1. The van der Waals surface area contributed by atoms with Gasteiger partial charge in [-0.1, -0.05) is 25.7 Å². The van der Waals surface area contributed by atoms with Crippen molar-refractivity contribution < 1.29 is 9.53 Å². The second-order valence-electron chi connectivity index (χ2n) is 7.84. The maximum absolute atomic E-state index is 12.6. The molecular weight excluding hydrogens is 288 g/mol. The van der Waals surface area contributed by atoms with Crippen LogP contribution >= 0.6 is 0 Å². The number of amides is 1. The fourth-order valence-corrected chi connectivity index (χ4v) is 3.94. The van der Waals surface area contributed by atoms with Crippen LogP contribution in [0.15, 0.2) is 0 Å². The standard InChI is InChI=1S/C19H34N2O2/c1-15(23-18-6-4-2-3-5-7-18)19(22)21-12-10-17(11-13-21)20-14-16-8-9-16/h15-18,20H,2-14H2,1H3. The number of piperidine rings is 1. The van der Waals surface area contributed by atoms with Gasteiger partial charge in [0.15, 0.2) is 0 Å². The van der Waals surface area contributed by atoms with E-state index in [1.54, 1.807) is 0 Å². The summed E-state index contributed by atoms with van der Waals surface area (Å²) in [6.07, 6.45) is 12.4. The molecular formula is C19H34N2O2. The van der Waals surface area contributed by atoms with Crippen LogP contribution < -0.4 is 5.32 Å². The number of carbonyl (C=O) groups is 1. The van der Waals surface area contributed by atoms with E-state index in [1.165, 1.54) is 45.1 Å². The Bertz CT molecular complexity index is 368. The fourth-order valence-electron chi connectivity index (χ4n) is 3.94. The van der Waals surface area contributed by atoms with Gasteiger partial charge in [-0.2, -0.15) is 0 Å². The highest BCUT2D eigenvalue weighted by Gasteiger charge is 2.29. The lowest BCUT2D eigenvalue weighted by Gasteiger charge is -2.34. The highest BCUT2D eigenvalue weighted by Crippen LogP contribution is 2.28. The van der Waals surface area contributed by atoms with E-state index in [2.05, 4.69) is 5.32 Å². The van der Waals surface area contributed by atoms with Crippen LogP contribution in [0.25, 0.3) is 0 Å². The van der Waals surface area contributed by atoms with Gasteiger partial charge in [0.2, 0.25) is 0 Å². The molecule has 23 heavy (non-hydrogen) atoms. The van der Waals surface area contributed by atoms with Crippen LogP contribution in [0.5, 0.6) is 0 Å². The summed E-state index contributed by atoms with van der Waals surface area (Å²) in [6, 6.07) is 0.609. The van der Waals surface area contributed by atoms with Crippen molar-refractivity contribution in [2.24, 2.45) is 5.92 Å². The number of likely N-dealkylation sites (tertiary alicyclic amines) is 1. The molecule has 0 aromatic heterocycles. The molecule has 132 valence electrons. The molecule has 1 heterocycles. The smallest absolute Gasteiger partial charge is 0.251 e. The normalized spacial score (nSPS) is 26.0. The van der Waals surface area contributed by atoms with E-state index in [4.69, 9.17) is 4.74 Å². The first kappa shape index (κ1) is 17.2. The summed E-state index contributed by atoms with van der Waals surface area (Å²) in [7, 11) is 0. The van der Waals surface area contributed by atoms with Crippen molar-refractivity contribution >= 4 is 5.91 Å². The van der Waals surface area contributed by atoms with Crippen LogP contribution in [0.1, 0.15) is 71.1 Å². The van der Waals surface area contributed by atoms with Crippen LogP contribution in [0, 0.1) is 5.92 Å². The van der Waals surface area contributed by atoms with Gasteiger partial charge in [-0.05, 0) is 57.9 Å². The Morgan fingerprint density at radius 3 is 2.30 bits per heavy atom. The van der Waals surface area contributed by atoms with E-state index in [1.807, 2.05) is 11.8 Å². The average Bonchev–Trinajstić information content (AvgIpc) is 3.40. The molecule has 2 saturated carbocycles. The maximum atomic E-state index is 12.6. The van der Waals surface area contributed by atoms with Crippen LogP contribution in [-0.2, 0) is 9.53 Å². The molecule has 1 N–H and O–H groups in total. The minimum Gasteiger partial charge on any atom is -0.365 e. The highest BCUT2D eigenvalue weighted by molar-refractivity contribution is 5.80. The number of nitrogens with zero attached hydrogens (tertiary/aromatic N) is 1. The Labute approximate surface area is 141 Å². The van der Waals surface area contributed by atoms with Crippen molar-refractivity contribution in [3.05, 3.63) is 0 Å². The Balaban J connectivity index is 1.37. The number of hydrogen-bond donors (Lipinski definition) is 1. The van der Waals surface area contributed by atoms with Crippen molar-refractivity contribution in [3.63, 3.8) is 0 Å². The molecule has 0 aromatic rings. The predicted molar refractivity (Wildman–Crippen MR) is 92.4 cm³/mol. The molecule has 1 atom stereocenters. The average molecular weight is 322 g/mol. The molecule has 0 aromatic carbocycles. The molecule has 0 bridgehead atoms. The monoisotopic (exact) mass is 322 g/mol.